The molecule has 4 aliphatic rings. The minimum absolute atomic E-state index is 0.00565. The van der Waals surface area contributed by atoms with Gasteiger partial charge in [0.15, 0.2) is 0 Å². The molecule has 164 valence electrons. The number of hydrogen-bond acceptors (Lipinski definition) is 6. The van der Waals surface area contributed by atoms with Gasteiger partial charge in [-0.25, -0.2) is 0 Å². The van der Waals surface area contributed by atoms with E-state index >= 15 is 0 Å². The minimum atomic E-state index is -1.67. The predicted molar refractivity (Wildman–Crippen MR) is 107 cm³/mol. The number of ether oxygens (including phenoxy) is 1. The van der Waals surface area contributed by atoms with Crippen LogP contribution < -0.4 is 0 Å². The highest BCUT2D eigenvalue weighted by Gasteiger charge is 2.73. The lowest BCUT2D eigenvalue weighted by Gasteiger charge is -2.67. The molecule has 0 aromatic rings. The first-order valence-corrected chi connectivity index (χ1v) is 11.0. The van der Waals surface area contributed by atoms with Gasteiger partial charge in [0.1, 0.15) is 17.0 Å². The van der Waals surface area contributed by atoms with Crippen molar-refractivity contribution >= 4 is 5.78 Å². The van der Waals surface area contributed by atoms with Crippen molar-refractivity contribution in [2.24, 2.45) is 28.6 Å². The molecule has 1 heterocycles. The van der Waals surface area contributed by atoms with E-state index in [-0.39, 0.29) is 24.7 Å². The van der Waals surface area contributed by atoms with Crippen molar-refractivity contribution in [1.82, 2.24) is 0 Å². The Morgan fingerprint density at radius 2 is 1.79 bits per heavy atom. The molecule has 2 bridgehead atoms. The fourth-order valence-electron chi connectivity index (χ4n) is 7.30. The number of aliphatic hydroxyl groups excluding tert-OH is 2. The quantitative estimate of drug-likeness (QED) is 0.491. The van der Waals surface area contributed by atoms with Crippen LogP contribution in [0.25, 0.3) is 0 Å². The molecule has 29 heavy (non-hydrogen) atoms. The van der Waals surface area contributed by atoms with Gasteiger partial charge in [-0.05, 0) is 36.8 Å². The summed E-state index contributed by atoms with van der Waals surface area (Å²) in [5, 5.41) is 46.0. The molecule has 1 saturated heterocycles. The Kier molecular flexibility index (Phi) is 4.53. The van der Waals surface area contributed by atoms with Gasteiger partial charge in [0, 0.05) is 29.1 Å². The smallest absolute Gasteiger partial charge is 0.146 e. The average molecular weight is 409 g/mol. The number of Topliss-reactive ketones (excluding diaryl/α,β-unsaturated/α-hetero) is 1. The lowest BCUT2D eigenvalue weighted by molar-refractivity contribution is -0.338. The largest absolute Gasteiger partial charge is 0.390 e. The molecule has 6 nitrogen and oxygen atoms in total. The summed E-state index contributed by atoms with van der Waals surface area (Å²) in [5.41, 5.74) is -3.50. The molecule has 2 saturated carbocycles. The number of fused-ring (bicyclic) bond motifs is 5. The first-order valence-electron chi connectivity index (χ1n) is 11.0. The van der Waals surface area contributed by atoms with E-state index in [4.69, 9.17) is 4.74 Å². The average Bonchev–Trinajstić information content (AvgIpc) is 2.64. The molecule has 9 atom stereocenters. The van der Waals surface area contributed by atoms with Crippen LogP contribution in [0.3, 0.4) is 0 Å². The summed E-state index contributed by atoms with van der Waals surface area (Å²) in [6.07, 6.45) is -1.70. The third kappa shape index (κ3) is 2.27. The van der Waals surface area contributed by atoms with Crippen LogP contribution in [0.1, 0.15) is 60.8 Å². The van der Waals surface area contributed by atoms with Crippen LogP contribution in [0.5, 0.6) is 0 Å². The van der Waals surface area contributed by atoms with Gasteiger partial charge >= 0.3 is 0 Å². The van der Waals surface area contributed by atoms with E-state index in [1.165, 1.54) is 0 Å². The van der Waals surface area contributed by atoms with Crippen molar-refractivity contribution < 1.29 is 30.0 Å². The first-order chi connectivity index (χ1) is 13.3. The predicted octanol–water partition coefficient (Wildman–Crippen LogP) is 1.59. The van der Waals surface area contributed by atoms with Crippen LogP contribution in [0.2, 0.25) is 0 Å². The lowest BCUT2D eigenvalue weighted by atomic mass is 9.42. The highest BCUT2D eigenvalue weighted by Crippen LogP contribution is 2.64. The standard InChI is InChI=1S/C23H36O6/c1-7-13-16-12(3)14(24)9-23(28,20(16,4)5)19(26)17-21(6,18(13)25)11(2)8-15-22(17,27)10-29-15/h11,13-15,17,19,24,26-28H,7-10H2,1-6H3/t11-,13+,14-,15+,17-,19-,21+,22-,23+/m0/s1. The summed E-state index contributed by atoms with van der Waals surface area (Å²) in [6.45, 7) is 11.4. The van der Waals surface area contributed by atoms with E-state index in [1.807, 2.05) is 41.5 Å². The number of aliphatic hydroxyl groups is 4. The van der Waals surface area contributed by atoms with Crippen molar-refractivity contribution in [1.29, 1.82) is 0 Å². The molecule has 1 aliphatic heterocycles. The van der Waals surface area contributed by atoms with Crippen molar-refractivity contribution in [3.63, 3.8) is 0 Å². The summed E-state index contributed by atoms with van der Waals surface area (Å²) in [4.78, 5) is 14.1. The molecular formula is C23H36O6. The maximum absolute atomic E-state index is 14.1. The summed E-state index contributed by atoms with van der Waals surface area (Å²) < 4.78 is 5.63. The number of rotatable bonds is 1. The van der Waals surface area contributed by atoms with E-state index in [1.54, 1.807) is 0 Å². The highest BCUT2D eigenvalue weighted by molar-refractivity contribution is 5.91. The second kappa shape index (κ2) is 6.13. The Hall–Kier alpha value is -0.790. The SMILES string of the molecule is CC[C@H]1C(=O)[C@@]2(C)[C@H]([C@H](O)[C@]3(O)C[C@H](O)C(C)=C1C3(C)C)[C@]1(O)CO[C@@H]1C[C@@H]2C. The first kappa shape index (κ1) is 21.4. The molecule has 0 radical (unpaired) electrons. The van der Waals surface area contributed by atoms with Crippen LogP contribution >= 0.6 is 0 Å². The van der Waals surface area contributed by atoms with Gasteiger partial charge < -0.3 is 25.2 Å². The molecule has 0 unspecified atom stereocenters. The zero-order valence-corrected chi connectivity index (χ0v) is 18.4. The number of ketones is 1. The van der Waals surface area contributed by atoms with Gasteiger partial charge in [0.05, 0.1) is 24.9 Å². The van der Waals surface area contributed by atoms with Gasteiger partial charge in [-0.1, -0.05) is 34.6 Å². The topological polar surface area (TPSA) is 107 Å². The summed E-state index contributed by atoms with van der Waals surface area (Å²) >= 11 is 0. The number of hydrogen-bond donors (Lipinski definition) is 4. The second-order valence-electron chi connectivity index (χ2n) is 10.8. The van der Waals surface area contributed by atoms with Gasteiger partial charge in [-0.2, -0.15) is 0 Å². The molecule has 3 fully saturated rings. The van der Waals surface area contributed by atoms with Gasteiger partial charge in [0.2, 0.25) is 0 Å². The van der Waals surface area contributed by atoms with E-state index in [2.05, 4.69) is 0 Å². The lowest BCUT2D eigenvalue weighted by Crippen LogP contribution is -2.79. The zero-order valence-electron chi connectivity index (χ0n) is 18.4. The molecular weight excluding hydrogens is 372 g/mol. The second-order valence-corrected chi connectivity index (χ2v) is 10.8. The Bertz CT molecular complexity index is 773. The highest BCUT2D eigenvalue weighted by atomic mass is 16.6. The fourth-order valence-corrected chi connectivity index (χ4v) is 7.30. The van der Waals surface area contributed by atoms with Gasteiger partial charge in [-0.15, -0.1) is 0 Å². The molecule has 4 rings (SSSR count). The summed E-state index contributed by atoms with van der Waals surface area (Å²) in [5.74, 6) is -1.47. The van der Waals surface area contributed by atoms with Crippen LogP contribution in [0.15, 0.2) is 11.1 Å². The normalized spacial score (nSPS) is 54.1. The zero-order chi connectivity index (χ0) is 21.7. The van der Waals surface area contributed by atoms with E-state index in [0.717, 1.165) is 11.1 Å². The minimum Gasteiger partial charge on any atom is -0.390 e. The number of carbonyl (C=O) groups excluding carboxylic acids is 1. The Balaban J connectivity index is 2.03. The third-order valence-electron chi connectivity index (χ3n) is 9.44. The summed E-state index contributed by atoms with van der Waals surface area (Å²) in [7, 11) is 0. The van der Waals surface area contributed by atoms with Crippen LogP contribution in [-0.4, -0.2) is 62.3 Å². The molecule has 0 spiro atoms. The number of carbonyl (C=O) groups is 1. The van der Waals surface area contributed by atoms with Crippen LogP contribution in [0, 0.1) is 28.6 Å². The maximum Gasteiger partial charge on any atom is 0.146 e. The third-order valence-corrected chi connectivity index (χ3v) is 9.44. The van der Waals surface area contributed by atoms with Gasteiger partial charge in [-0.3, -0.25) is 4.79 Å². The Labute approximate surface area is 173 Å². The molecule has 3 aliphatic carbocycles. The van der Waals surface area contributed by atoms with E-state index < -0.39 is 52.2 Å². The van der Waals surface area contributed by atoms with E-state index in [9.17, 15) is 25.2 Å². The Morgan fingerprint density at radius 3 is 2.31 bits per heavy atom. The van der Waals surface area contributed by atoms with Crippen LogP contribution in [0.4, 0.5) is 0 Å². The summed E-state index contributed by atoms with van der Waals surface area (Å²) in [6, 6.07) is 0. The van der Waals surface area contributed by atoms with Gasteiger partial charge in [0.25, 0.3) is 0 Å². The Morgan fingerprint density at radius 1 is 1.17 bits per heavy atom. The molecule has 0 aromatic heterocycles. The van der Waals surface area contributed by atoms with Crippen molar-refractivity contribution in [2.75, 3.05) is 6.61 Å². The molecule has 6 heteroatoms. The van der Waals surface area contributed by atoms with Crippen molar-refractivity contribution in [3.05, 3.63) is 11.1 Å². The molecule has 4 N–H and O–H groups in total. The van der Waals surface area contributed by atoms with Crippen molar-refractivity contribution in [2.45, 2.75) is 90.3 Å². The van der Waals surface area contributed by atoms with Crippen LogP contribution in [-0.2, 0) is 9.53 Å². The monoisotopic (exact) mass is 408 g/mol. The van der Waals surface area contributed by atoms with Crippen molar-refractivity contribution in [3.8, 4) is 0 Å². The maximum atomic E-state index is 14.1. The fraction of sp³-hybridized carbons (Fsp3) is 0.870. The molecule has 0 aromatic carbocycles. The van der Waals surface area contributed by atoms with E-state index in [0.29, 0.717) is 12.8 Å². The molecule has 0 amide bonds.